The van der Waals surface area contributed by atoms with Crippen LogP contribution in [0.4, 0.5) is 16.2 Å². The minimum atomic E-state index is -1.07. The highest BCUT2D eigenvalue weighted by Crippen LogP contribution is 2.19. The van der Waals surface area contributed by atoms with E-state index in [1.54, 1.807) is 12.1 Å². The first kappa shape index (κ1) is 11.4. The molecule has 0 fully saturated rings. The Morgan fingerprint density at radius 1 is 1.53 bits per heavy atom. The van der Waals surface area contributed by atoms with Gasteiger partial charge in [-0.1, -0.05) is 19.4 Å². The zero-order valence-corrected chi connectivity index (χ0v) is 8.79. The molecule has 0 heterocycles. The Balaban J connectivity index is 2.74. The van der Waals surface area contributed by atoms with Gasteiger partial charge in [0.05, 0.1) is 0 Å². The lowest BCUT2D eigenvalue weighted by Gasteiger charge is -2.07. The summed E-state index contributed by atoms with van der Waals surface area (Å²) < 4.78 is 0. The average molecular weight is 208 g/mol. The minimum Gasteiger partial charge on any atom is -0.465 e. The maximum Gasteiger partial charge on any atom is 0.409 e. The van der Waals surface area contributed by atoms with E-state index in [0.717, 1.165) is 24.8 Å². The third-order valence-electron chi connectivity index (χ3n) is 2.20. The third kappa shape index (κ3) is 3.50. The van der Waals surface area contributed by atoms with Crippen LogP contribution >= 0.6 is 0 Å². The van der Waals surface area contributed by atoms with Gasteiger partial charge in [0.15, 0.2) is 0 Å². The van der Waals surface area contributed by atoms with Crippen LogP contribution in [-0.2, 0) is 6.42 Å². The number of nitrogens with one attached hydrogen (secondary N) is 1. The topological polar surface area (TPSA) is 75.3 Å². The average Bonchev–Trinajstić information content (AvgIpc) is 2.15. The van der Waals surface area contributed by atoms with E-state index >= 15 is 0 Å². The first-order valence-corrected chi connectivity index (χ1v) is 5.02. The summed E-state index contributed by atoms with van der Waals surface area (Å²) in [6.07, 6.45) is 2.08. The van der Waals surface area contributed by atoms with Crippen molar-refractivity contribution in [2.24, 2.45) is 0 Å². The number of nitrogens with two attached hydrogens (primary N) is 1. The SMILES string of the molecule is CCCCc1ccc(NC(=O)O)cc1N. The quantitative estimate of drug-likeness (QED) is 0.666. The number of benzene rings is 1. The molecule has 4 N–H and O–H groups in total. The number of anilines is 2. The highest BCUT2D eigenvalue weighted by atomic mass is 16.4. The zero-order chi connectivity index (χ0) is 11.3. The number of aryl methyl sites for hydroxylation is 1. The molecule has 0 unspecified atom stereocenters. The summed E-state index contributed by atoms with van der Waals surface area (Å²) in [5, 5.41) is 10.8. The van der Waals surface area contributed by atoms with Crippen molar-refractivity contribution in [3.8, 4) is 0 Å². The number of unbranched alkanes of at least 4 members (excludes halogenated alkanes) is 1. The van der Waals surface area contributed by atoms with Crippen molar-refractivity contribution in [3.05, 3.63) is 23.8 Å². The molecule has 0 radical (unpaired) electrons. The van der Waals surface area contributed by atoms with Crippen LogP contribution in [-0.4, -0.2) is 11.2 Å². The van der Waals surface area contributed by atoms with E-state index in [4.69, 9.17) is 10.8 Å². The molecule has 15 heavy (non-hydrogen) atoms. The van der Waals surface area contributed by atoms with Crippen LogP contribution in [0.3, 0.4) is 0 Å². The lowest BCUT2D eigenvalue weighted by Crippen LogP contribution is -2.07. The summed E-state index contributed by atoms with van der Waals surface area (Å²) in [4.78, 5) is 10.4. The lowest BCUT2D eigenvalue weighted by molar-refractivity contribution is 0.210. The molecule has 0 bridgehead atoms. The standard InChI is InChI=1S/C11H16N2O2/c1-2-3-4-8-5-6-9(7-10(8)12)13-11(14)15/h5-7,13H,2-4,12H2,1H3,(H,14,15). The van der Waals surface area contributed by atoms with E-state index in [1.807, 2.05) is 6.07 Å². The molecule has 0 saturated heterocycles. The van der Waals surface area contributed by atoms with Crippen LogP contribution in [0.2, 0.25) is 0 Å². The fourth-order valence-corrected chi connectivity index (χ4v) is 1.39. The van der Waals surface area contributed by atoms with Gasteiger partial charge in [-0.3, -0.25) is 5.32 Å². The van der Waals surface area contributed by atoms with E-state index in [2.05, 4.69) is 12.2 Å². The Labute approximate surface area is 89.1 Å². The maximum absolute atomic E-state index is 10.4. The van der Waals surface area contributed by atoms with Crippen LogP contribution in [0, 0.1) is 0 Å². The van der Waals surface area contributed by atoms with Crippen molar-refractivity contribution in [3.63, 3.8) is 0 Å². The molecule has 0 aliphatic carbocycles. The summed E-state index contributed by atoms with van der Waals surface area (Å²) in [6.45, 7) is 2.12. The molecule has 0 aromatic heterocycles. The van der Waals surface area contributed by atoms with E-state index < -0.39 is 6.09 Å². The Bertz CT molecular complexity index is 350. The van der Waals surface area contributed by atoms with E-state index in [9.17, 15) is 4.79 Å². The number of carbonyl (C=O) groups is 1. The second kappa shape index (κ2) is 5.24. The van der Waals surface area contributed by atoms with Crippen molar-refractivity contribution >= 4 is 17.5 Å². The smallest absolute Gasteiger partial charge is 0.409 e. The number of amides is 1. The van der Waals surface area contributed by atoms with Gasteiger partial charge in [0.1, 0.15) is 0 Å². The van der Waals surface area contributed by atoms with E-state index in [-0.39, 0.29) is 0 Å². The van der Waals surface area contributed by atoms with Gasteiger partial charge >= 0.3 is 6.09 Å². The molecule has 1 aromatic rings. The number of nitrogen functional groups attached to an aromatic ring is 1. The van der Waals surface area contributed by atoms with Crippen molar-refractivity contribution in [2.45, 2.75) is 26.2 Å². The van der Waals surface area contributed by atoms with Crippen LogP contribution in [0.1, 0.15) is 25.3 Å². The van der Waals surface area contributed by atoms with Crippen LogP contribution < -0.4 is 11.1 Å². The fraction of sp³-hybridized carbons (Fsp3) is 0.364. The molecule has 82 valence electrons. The van der Waals surface area contributed by atoms with Gasteiger partial charge in [-0.05, 0) is 30.5 Å². The molecule has 0 spiro atoms. The number of rotatable bonds is 4. The van der Waals surface area contributed by atoms with Crippen LogP contribution in [0.25, 0.3) is 0 Å². The summed E-state index contributed by atoms with van der Waals surface area (Å²) >= 11 is 0. The first-order chi connectivity index (χ1) is 7.13. The van der Waals surface area contributed by atoms with Crippen LogP contribution in [0.15, 0.2) is 18.2 Å². The van der Waals surface area contributed by atoms with Crippen molar-refractivity contribution in [1.29, 1.82) is 0 Å². The number of carboxylic acid groups (broad SMARTS) is 1. The predicted octanol–water partition coefficient (Wildman–Crippen LogP) is 2.70. The molecule has 1 amide bonds. The largest absolute Gasteiger partial charge is 0.465 e. The molecule has 1 aromatic carbocycles. The Morgan fingerprint density at radius 3 is 2.80 bits per heavy atom. The lowest BCUT2D eigenvalue weighted by atomic mass is 10.1. The normalized spacial score (nSPS) is 9.93. The first-order valence-electron chi connectivity index (χ1n) is 5.02. The zero-order valence-electron chi connectivity index (χ0n) is 8.79. The van der Waals surface area contributed by atoms with Crippen molar-refractivity contribution in [1.82, 2.24) is 0 Å². The van der Waals surface area contributed by atoms with Gasteiger partial charge in [0.2, 0.25) is 0 Å². The summed E-state index contributed by atoms with van der Waals surface area (Å²) in [7, 11) is 0. The van der Waals surface area contributed by atoms with E-state index in [1.165, 1.54) is 0 Å². The third-order valence-corrected chi connectivity index (χ3v) is 2.20. The van der Waals surface area contributed by atoms with Gasteiger partial charge in [-0.15, -0.1) is 0 Å². The van der Waals surface area contributed by atoms with E-state index in [0.29, 0.717) is 11.4 Å². The van der Waals surface area contributed by atoms with Gasteiger partial charge in [-0.25, -0.2) is 4.79 Å². The molecular formula is C11H16N2O2. The second-order valence-corrected chi connectivity index (χ2v) is 3.45. The molecule has 0 aliphatic rings. The minimum absolute atomic E-state index is 0.514. The molecule has 4 nitrogen and oxygen atoms in total. The van der Waals surface area contributed by atoms with Crippen molar-refractivity contribution in [2.75, 3.05) is 11.1 Å². The van der Waals surface area contributed by atoms with Crippen molar-refractivity contribution < 1.29 is 9.90 Å². The van der Waals surface area contributed by atoms with Gasteiger partial charge in [-0.2, -0.15) is 0 Å². The summed E-state index contributed by atoms with van der Waals surface area (Å²) in [5.41, 5.74) is 8.04. The molecule has 1 rings (SSSR count). The Hall–Kier alpha value is -1.71. The highest BCUT2D eigenvalue weighted by molar-refractivity contribution is 5.83. The molecule has 0 aliphatic heterocycles. The number of hydrogen-bond acceptors (Lipinski definition) is 2. The Kier molecular flexibility index (Phi) is 3.97. The summed E-state index contributed by atoms with van der Waals surface area (Å²) in [5.74, 6) is 0. The molecule has 0 saturated carbocycles. The maximum atomic E-state index is 10.4. The monoisotopic (exact) mass is 208 g/mol. The van der Waals surface area contributed by atoms with Gasteiger partial charge in [0.25, 0.3) is 0 Å². The Morgan fingerprint density at radius 2 is 2.27 bits per heavy atom. The van der Waals surface area contributed by atoms with Gasteiger partial charge in [0, 0.05) is 11.4 Å². The molecular weight excluding hydrogens is 192 g/mol. The number of hydrogen-bond donors (Lipinski definition) is 3. The van der Waals surface area contributed by atoms with Gasteiger partial charge < -0.3 is 10.8 Å². The molecule has 0 atom stereocenters. The predicted molar refractivity (Wildman–Crippen MR) is 61.1 cm³/mol. The molecule has 4 heteroatoms. The fourth-order valence-electron chi connectivity index (χ4n) is 1.39. The second-order valence-electron chi connectivity index (χ2n) is 3.45. The van der Waals surface area contributed by atoms with Crippen LogP contribution in [0.5, 0.6) is 0 Å². The highest BCUT2D eigenvalue weighted by Gasteiger charge is 2.02. The summed E-state index contributed by atoms with van der Waals surface area (Å²) in [6, 6.07) is 5.25.